The van der Waals surface area contributed by atoms with Gasteiger partial charge in [-0.25, -0.2) is 0 Å². The Balaban J connectivity index is 2.73. The smallest absolute Gasteiger partial charge is 0.121 e. The molecule has 0 aromatic heterocycles. The molecule has 0 fully saturated rings. The van der Waals surface area contributed by atoms with Gasteiger partial charge in [0.15, 0.2) is 0 Å². The monoisotopic (exact) mass is 156 g/mol. The summed E-state index contributed by atoms with van der Waals surface area (Å²) in [6.45, 7) is 2.16. The van der Waals surface area contributed by atoms with Crippen LogP contribution < -0.4 is 0 Å². The summed E-state index contributed by atoms with van der Waals surface area (Å²) in [7, 11) is 2.29. The standard InChI is InChI=1S/C8H13OP/c1-2-7-5-3-4-6-8(7)9-10/h4,6H,2-3,5,10H2,1H3. The average Bonchev–Trinajstić information content (AvgIpc) is 2.04. The van der Waals surface area contributed by atoms with E-state index in [-0.39, 0.29) is 0 Å². The normalized spacial score (nSPS) is 17.8. The van der Waals surface area contributed by atoms with Gasteiger partial charge in [0, 0.05) is 0 Å². The lowest BCUT2D eigenvalue weighted by molar-refractivity contribution is 0.499. The van der Waals surface area contributed by atoms with E-state index in [0.717, 1.165) is 18.6 Å². The molecule has 1 aliphatic carbocycles. The molecule has 56 valence electrons. The van der Waals surface area contributed by atoms with Crippen molar-refractivity contribution in [2.75, 3.05) is 0 Å². The van der Waals surface area contributed by atoms with E-state index in [2.05, 4.69) is 28.5 Å². The molecule has 0 bridgehead atoms. The molecule has 10 heavy (non-hydrogen) atoms. The van der Waals surface area contributed by atoms with E-state index < -0.39 is 0 Å². The molecule has 0 aliphatic heterocycles. The van der Waals surface area contributed by atoms with Crippen LogP contribution in [0.3, 0.4) is 0 Å². The lowest BCUT2D eigenvalue weighted by Gasteiger charge is -2.12. The van der Waals surface area contributed by atoms with Crippen molar-refractivity contribution in [3.63, 3.8) is 0 Å². The molecule has 0 heterocycles. The second kappa shape index (κ2) is 3.78. The number of allylic oxidation sites excluding steroid dienone is 3. The second-order valence-electron chi connectivity index (χ2n) is 2.38. The molecule has 1 aliphatic rings. The summed E-state index contributed by atoms with van der Waals surface area (Å²) < 4.78 is 5.10. The molecule has 0 radical (unpaired) electrons. The molecule has 0 amide bonds. The van der Waals surface area contributed by atoms with Crippen LogP contribution >= 0.6 is 9.47 Å². The highest BCUT2D eigenvalue weighted by Crippen LogP contribution is 2.23. The molecule has 0 saturated heterocycles. The van der Waals surface area contributed by atoms with E-state index in [4.69, 9.17) is 4.52 Å². The summed E-state index contributed by atoms with van der Waals surface area (Å²) >= 11 is 0. The quantitative estimate of drug-likeness (QED) is 0.558. The molecule has 0 N–H and O–H groups in total. The fourth-order valence-corrected chi connectivity index (χ4v) is 1.41. The van der Waals surface area contributed by atoms with Gasteiger partial charge in [0.05, 0.1) is 9.47 Å². The highest BCUT2D eigenvalue weighted by atomic mass is 31.0. The van der Waals surface area contributed by atoms with Gasteiger partial charge in [-0.05, 0) is 30.9 Å². The van der Waals surface area contributed by atoms with Gasteiger partial charge in [0.25, 0.3) is 0 Å². The molecule has 1 unspecified atom stereocenters. The molecule has 0 saturated carbocycles. The predicted molar refractivity (Wildman–Crippen MR) is 46.5 cm³/mol. The van der Waals surface area contributed by atoms with E-state index in [1.807, 2.05) is 0 Å². The van der Waals surface area contributed by atoms with Gasteiger partial charge >= 0.3 is 0 Å². The van der Waals surface area contributed by atoms with Gasteiger partial charge in [-0.2, -0.15) is 0 Å². The van der Waals surface area contributed by atoms with Gasteiger partial charge in [-0.15, -0.1) is 0 Å². The average molecular weight is 156 g/mol. The molecule has 0 spiro atoms. The Kier molecular flexibility index (Phi) is 2.95. The largest absolute Gasteiger partial charge is 0.480 e. The molecule has 1 atom stereocenters. The molecule has 1 rings (SSSR count). The molecular formula is C8H13OP. The fraction of sp³-hybridized carbons (Fsp3) is 0.500. The van der Waals surface area contributed by atoms with Crippen molar-refractivity contribution in [2.45, 2.75) is 26.2 Å². The van der Waals surface area contributed by atoms with Crippen LogP contribution in [-0.4, -0.2) is 0 Å². The van der Waals surface area contributed by atoms with Crippen molar-refractivity contribution in [1.29, 1.82) is 0 Å². The number of hydrogen-bond donors (Lipinski definition) is 0. The van der Waals surface area contributed by atoms with Crippen LogP contribution in [0.2, 0.25) is 0 Å². The highest BCUT2D eigenvalue weighted by Gasteiger charge is 2.05. The summed E-state index contributed by atoms with van der Waals surface area (Å²) in [5, 5.41) is 0. The van der Waals surface area contributed by atoms with Crippen LogP contribution in [0.4, 0.5) is 0 Å². The number of rotatable bonds is 2. The summed E-state index contributed by atoms with van der Waals surface area (Å²) in [5.41, 5.74) is 1.43. The van der Waals surface area contributed by atoms with E-state index in [0.29, 0.717) is 0 Å². The van der Waals surface area contributed by atoms with Crippen LogP contribution in [0.15, 0.2) is 23.5 Å². The summed E-state index contributed by atoms with van der Waals surface area (Å²) in [6, 6.07) is 0. The zero-order valence-corrected chi connectivity index (χ0v) is 7.42. The summed E-state index contributed by atoms with van der Waals surface area (Å²) in [5.74, 6) is 1.04. The Labute approximate surface area is 64.4 Å². The maximum absolute atomic E-state index is 5.10. The Morgan fingerprint density at radius 1 is 1.70 bits per heavy atom. The Hall–Kier alpha value is -0.290. The minimum Gasteiger partial charge on any atom is -0.480 e. The van der Waals surface area contributed by atoms with Crippen molar-refractivity contribution < 1.29 is 4.52 Å². The minimum absolute atomic E-state index is 1.04. The minimum atomic E-state index is 1.04. The maximum atomic E-state index is 5.10. The maximum Gasteiger partial charge on any atom is 0.121 e. The van der Waals surface area contributed by atoms with Gasteiger partial charge < -0.3 is 4.52 Å². The van der Waals surface area contributed by atoms with Crippen LogP contribution in [-0.2, 0) is 4.52 Å². The molecule has 2 heteroatoms. The first-order chi connectivity index (χ1) is 4.88. The fourth-order valence-electron chi connectivity index (χ4n) is 1.16. The Morgan fingerprint density at radius 2 is 2.50 bits per heavy atom. The van der Waals surface area contributed by atoms with Crippen molar-refractivity contribution in [1.82, 2.24) is 0 Å². The van der Waals surface area contributed by atoms with Gasteiger partial charge in [0.1, 0.15) is 5.76 Å². The van der Waals surface area contributed by atoms with Crippen molar-refractivity contribution >= 4 is 9.47 Å². The van der Waals surface area contributed by atoms with Crippen LogP contribution in [0.1, 0.15) is 26.2 Å². The molecule has 0 aromatic carbocycles. The Morgan fingerprint density at radius 3 is 3.00 bits per heavy atom. The van der Waals surface area contributed by atoms with Crippen molar-refractivity contribution in [3.8, 4) is 0 Å². The van der Waals surface area contributed by atoms with E-state index >= 15 is 0 Å². The highest BCUT2D eigenvalue weighted by molar-refractivity contribution is 7.10. The molecular weight excluding hydrogens is 143 g/mol. The topological polar surface area (TPSA) is 9.23 Å². The first-order valence-electron chi connectivity index (χ1n) is 3.63. The third kappa shape index (κ3) is 1.60. The lowest BCUT2D eigenvalue weighted by Crippen LogP contribution is -1.93. The van der Waals surface area contributed by atoms with Gasteiger partial charge in [-0.3, -0.25) is 0 Å². The van der Waals surface area contributed by atoms with Gasteiger partial charge in [0.2, 0.25) is 0 Å². The first kappa shape index (κ1) is 7.81. The van der Waals surface area contributed by atoms with Crippen LogP contribution in [0.25, 0.3) is 0 Å². The van der Waals surface area contributed by atoms with E-state index in [9.17, 15) is 0 Å². The van der Waals surface area contributed by atoms with E-state index in [1.54, 1.807) is 0 Å². The summed E-state index contributed by atoms with van der Waals surface area (Å²) in [4.78, 5) is 0. The zero-order valence-electron chi connectivity index (χ0n) is 6.26. The molecule has 0 aromatic rings. The zero-order chi connectivity index (χ0) is 7.40. The van der Waals surface area contributed by atoms with Crippen LogP contribution in [0, 0.1) is 0 Å². The predicted octanol–water partition coefficient (Wildman–Crippen LogP) is 2.81. The second-order valence-corrected chi connectivity index (χ2v) is 2.62. The van der Waals surface area contributed by atoms with Gasteiger partial charge in [-0.1, -0.05) is 13.0 Å². The van der Waals surface area contributed by atoms with Crippen LogP contribution in [0.5, 0.6) is 0 Å². The Bertz CT molecular complexity index is 170. The lowest BCUT2D eigenvalue weighted by atomic mass is 10.0. The third-order valence-corrected chi connectivity index (χ3v) is 2.04. The summed E-state index contributed by atoms with van der Waals surface area (Å²) in [6.07, 6.45) is 7.64. The van der Waals surface area contributed by atoms with Crippen molar-refractivity contribution in [2.24, 2.45) is 0 Å². The van der Waals surface area contributed by atoms with Crippen molar-refractivity contribution in [3.05, 3.63) is 23.5 Å². The third-order valence-electron chi connectivity index (χ3n) is 1.78. The SMILES string of the molecule is CCC1=C(OP)C=CCC1. The first-order valence-corrected chi connectivity index (χ1v) is 4.11. The van der Waals surface area contributed by atoms with E-state index in [1.165, 1.54) is 12.0 Å². The number of hydrogen-bond acceptors (Lipinski definition) is 1. The molecule has 1 nitrogen and oxygen atoms in total.